The third-order valence-electron chi connectivity index (χ3n) is 3.71. The van der Waals surface area contributed by atoms with E-state index in [9.17, 15) is 14.9 Å². The third kappa shape index (κ3) is 3.57. The summed E-state index contributed by atoms with van der Waals surface area (Å²) in [4.78, 5) is 24.4. The minimum absolute atomic E-state index is 0.0271. The first kappa shape index (κ1) is 16.1. The fraction of sp³-hybridized carbons (Fsp3) is 0.176. The molecule has 6 nitrogen and oxygen atoms in total. The number of hydrogen-bond acceptors (Lipinski definition) is 5. The summed E-state index contributed by atoms with van der Waals surface area (Å²) in [7, 11) is 0. The summed E-state index contributed by atoms with van der Waals surface area (Å²) in [6, 6.07) is 8.35. The molecule has 0 aliphatic heterocycles. The Hall–Kier alpha value is -2.80. The standard InChI is InChI=1S/C17H15N3O3S/c21-17(16-11-13-6-3-9-15(13)24-16)19-18-10-4-7-12-5-1-2-8-14(12)20(22)23/h1-2,4-5,7-8,10-11H,3,6,9H2,(H,19,21)/b7-4+,18-10-. The molecular formula is C17H15N3O3S. The highest BCUT2D eigenvalue weighted by molar-refractivity contribution is 7.14. The van der Waals surface area contributed by atoms with Crippen molar-refractivity contribution in [3.8, 4) is 0 Å². The number of nitro groups is 1. The third-order valence-corrected chi connectivity index (χ3v) is 4.94. The number of carbonyl (C=O) groups excluding carboxylic acids is 1. The number of fused-ring (bicyclic) bond motifs is 1. The number of hydrogen-bond donors (Lipinski definition) is 1. The van der Waals surface area contributed by atoms with E-state index in [-0.39, 0.29) is 11.6 Å². The molecule has 0 atom stereocenters. The molecule has 1 amide bonds. The Morgan fingerprint density at radius 2 is 2.17 bits per heavy atom. The van der Waals surface area contributed by atoms with Crippen LogP contribution in [0.4, 0.5) is 5.69 Å². The van der Waals surface area contributed by atoms with Gasteiger partial charge in [0.1, 0.15) is 0 Å². The van der Waals surface area contributed by atoms with Gasteiger partial charge >= 0.3 is 0 Å². The van der Waals surface area contributed by atoms with Crippen LogP contribution in [-0.4, -0.2) is 17.0 Å². The van der Waals surface area contributed by atoms with Gasteiger partial charge in [-0.3, -0.25) is 14.9 Å². The van der Waals surface area contributed by atoms with E-state index in [1.807, 2.05) is 6.07 Å². The van der Waals surface area contributed by atoms with Gasteiger partial charge in [0, 0.05) is 17.2 Å². The summed E-state index contributed by atoms with van der Waals surface area (Å²) in [6.45, 7) is 0. The number of benzene rings is 1. The van der Waals surface area contributed by atoms with E-state index in [0.717, 1.165) is 19.3 Å². The lowest BCUT2D eigenvalue weighted by Gasteiger charge is -1.96. The number of nitro benzene ring substituents is 1. The molecule has 1 heterocycles. The molecule has 3 rings (SSSR count). The average Bonchev–Trinajstić information content (AvgIpc) is 3.16. The van der Waals surface area contributed by atoms with Crippen molar-refractivity contribution in [2.45, 2.75) is 19.3 Å². The number of amides is 1. The molecule has 1 aliphatic rings. The predicted octanol–water partition coefficient (Wildman–Crippen LogP) is 3.57. The van der Waals surface area contributed by atoms with Crippen molar-refractivity contribution in [1.82, 2.24) is 5.43 Å². The zero-order chi connectivity index (χ0) is 16.9. The molecule has 1 N–H and O–H groups in total. The van der Waals surface area contributed by atoms with Crippen molar-refractivity contribution in [3.63, 3.8) is 0 Å². The number of carbonyl (C=O) groups is 1. The number of hydrazone groups is 1. The van der Waals surface area contributed by atoms with Gasteiger partial charge in [-0.1, -0.05) is 12.1 Å². The van der Waals surface area contributed by atoms with Crippen LogP contribution < -0.4 is 5.43 Å². The van der Waals surface area contributed by atoms with Gasteiger partial charge in [-0.2, -0.15) is 5.10 Å². The zero-order valence-electron chi connectivity index (χ0n) is 12.8. The van der Waals surface area contributed by atoms with E-state index in [1.165, 1.54) is 34.1 Å². The van der Waals surface area contributed by atoms with Crippen LogP contribution in [0.1, 0.15) is 32.1 Å². The molecule has 0 spiro atoms. The van der Waals surface area contributed by atoms with Crippen LogP contribution in [-0.2, 0) is 12.8 Å². The number of thiophene rings is 1. The van der Waals surface area contributed by atoms with Gasteiger partial charge in [-0.25, -0.2) is 5.43 Å². The normalized spacial score (nSPS) is 13.5. The lowest BCUT2D eigenvalue weighted by Crippen LogP contribution is -2.15. The first-order valence-corrected chi connectivity index (χ1v) is 8.32. The Balaban J connectivity index is 1.58. The molecule has 0 bridgehead atoms. The Morgan fingerprint density at radius 1 is 1.33 bits per heavy atom. The highest BCUT2D eigenvalue weighted by Gasteiger charge is 2.17. The number of nitrogens with one attached hydrogen (secondary N) is 1. The lowest BCUT2D eigenvalue weighted by molar-refractivity contribution is -0.385. The molecule has 1 aromatic carbocycles. The van der Waals surface area contributed by atoms with Crippen molar-refractivity contribution in [2.75, 3.05) is 0 Å². The highest BCUT2D eigenvalue weighted by Crippen LogP contribution is 2.30. The summed E-state index contributed by atoms with van der Waals surface area (Å²) in [5, 5.41) is 14.7. The van der Waals surface area contributed by atoms with E-state index in [0.29, 0.717) is 10.4 Å². The van der Waals surface area contributed by atoms with Crippen LogP contribution in [0.5, 0.6) is 0 Å². The second-order valence-electron chi connectivity index (χ2n) is 5.31. The smallest absolute Gasteiger partial charge is 0.266 e. The molecule has 122 valence electrons. The quantitative estimate of drug-likeness (QED) is 0.512. The number of aryl methyl sites for hydroxylation is 2. The van der Waals surface area contributed by atoms with Gasteiger partial charge < -0.3 is 0 Å². The maximum absolute atomic E-state index is 12.0. The first-order valence-electron chi connectivity index (χ1n) is 7.50. The molecule has 0 radical (unpaired) electrons. The van der Waals surface area contributed by atoms with Crippen molar-refractivity contribution in [3.05, 3.63) is 67.4 Å². The summed E-state index contributed by atoms with van der Waals surface area (Å²) in [5.74, 6) is -0.232. The molecule has 1 aromatic heterocycles. The van der Waals surface area contributed by atoms with Gasteiger partial charge in [0.05, 0.1) is 15.4 Å². The molecule has 24 heavy (non-hydrogen) atoms. The van der Waals surface area contributed by atoms with Crippen molar-refractivity contribution >= 4 is 35.2 Å². The van der Waals surface area contributed by atoms with E-state index in [2.05, 4.69) is 10.5 Å². The lowest BCUT2D eigenvalue weighted by atomic mass is 10.2. The van der Waals surface area contributed by atoms with Crippen LogP contribution in [0.15, 0.2) is 41.5 Å². The van der Waals surface area contributed by atoms with Crippen LogP contribution in [0.3, 0.4) is 0 Å². The van der Waals surface area contributed by atoms with Crippen molar-refractivity contribution in [1.29, 1.82) is 0 Å². The summed E-state index contributed by atoms with van der Waals surface area (Å²) >= 11 is 1.52. The van der Waals surface area contributed by atoms with Crippen molar-refractivity contribution in [2.24, 2.45) is 5.10 Å². The minimum Gasteiger partial charge on any atom is -0.266 e. The molecular weight excluding hydrogens is 326 g/mol. The van der Waals surface area contributed by atoms with Gasteiger partial charge in [0.15, 0.2) is 0 Å². The van der Waals surface area contributed by atoms with Gasteiger partial charge in [0.2, 0.25) is 0 Å². The molecule has 0 saturated heterocycles. The fourth-order valence-electron chi connectivity index (χ4n) is 2.58. The minimum atomic E-state index is -0.436. The average molecular weight is 341 g/mol. The van der Waals surface area contributed by atoms with Gasteiger partial charge in [0.25, 0.3) is 11.6 Å². The summed E-state index contributed by atoms with van der Waals surface area (Å²) < 4.78 is 0. The number of allylic oxidation sites excluding steroid dienone is 1. The van der Waals surface area contributed by atoms with Crippen LogP contribution in [0.25, 0.3) is 6.08 Å². The zero-order valence-corrected chi connectivity index (χ0v) is 13.6. The Labute approximate surface area is 142 Å². The maximum Gasteiger partial charge on any atom is 0.281 e. The predicted molar refractivity (Wildman–Crippen MR) is 94.4 cm³/mol. The molecule has 1 aliphatic carbocycles. The monoisotopic (exact) mass is 341 g/mol. The van der Waals surface area contributed by atoms with E-state index in [1.54, 1.807) is 30.4 Å². The SMILES string of the molecule is O=C(N/N=C\C=C\c1ccccc1[N+](=O)[O-])c1cc2c(s1)CCC2. The van der Waals surface area contributed by atoms with Gasteiger partial charge in [-0.05, 0) is 49.1 Å². The van der Waals surface area contributed by atoms with E-state index < -0.39 is 4.92 Å². The molecule has 0 unspecified atom stereocenters. The van der Waals surface area contributed by atoms with Crippen LogP contribution in [0, 0.1) is 10.1 Å². The number of nitrogens with zero attached hydrogens (tertiary/aromatic N) is 2. The molecule has 0 fully saturated rings. The molecule has 7 heteroatoms. The topological polar surface area (TPSA) is 84.6 Å². The second kappa shape index (κ2) is 7.18. The van der Waals surface area contributed by atoms with E-state index >= 15 is 0 Å². The van der Waals surface area contributed by atoms with E-state index in [4.69, 9.17) is 0 Å². The second-order valence-corrected chi connectivity index (χ2v) is 6.44. The number of rotatable bonds is 5. The molecule has 2 aromatic rings. The molecule has 0 saturated carbocycles. The fourth-order valence-corrected chi connectivity index (χ4v) is 3.72. The largest absolute Gasteiger partial charge is 0.281 e. The Kier molecular flexibility index (Phi) is 4.81. The Morgan fingerprint density at radius 3 is 2.96 bits per heavy atom. The van der Waals surface area contributed by atoms with Crippen LogP contribution in [0.2, 0.25) is 0 Å². The number of para-hydroxylation sites is 1. The highest BCUT2D eigenvalue weighted by atomic mass is 32.1. The summed E-state index contributed by atoms with van der Waals surface area (Å²) in [5.41, 5.74) is 4.24. The van der Waals surface area contributed by atoms with Gasteiger partial charge in [-0.15, -0.1) is 11.3 Å². The van der Waals surface area contributed by atoms with Crippen LogP contribution >= 0.6 is 11.3 Å². The maximum atomic E-state index is 12.0. The summed E-state index contributed by atoms with van der Waals surface area (Å²) in [6.07, 6.45) is 7.79. The first-order chi connectivity index (χ1) is 11.6. The Bertz CT molecular complexity index is 818. The van der Waals surface area contributed by atoms with Crippen molar-refractivity contribution < 1.29 is 9.72 Å².